The minimum Gasteiger partial charge on any atom is -0.491 e. The predicted molar refractivity (Wildman–Crippen MR) is 77.6 cm³/mol. The van der Waals surface area contributed by atoms with Crippen molar-refractivity contribution in [1.82, 2.24) is 5.32 Å². The number of nitrogens with one attached hydrogen (secondary N) is 1. The summed E-state index contributed by atoms with van der Waals surface area (Å²) in [7, 11) is 0. The third-order valence-electron chi connectivity index (χ3n) is 2.79. The molecule has 2 aromatic carbocycles. The molecule has 0 fully saturated rings. The Labute approximate surface area is 113 Å². The molecule has 1 N–H and O–H groups in total. The zero-order chi connectivity index (χ0) is 12.8. The van der Waals surface area contributed by atoms with Crippen LogP contribution in [0.5, 0.6) is 5.75 Å². The molecule has 1 unspecified atom stereocenters. The van der Waals surface area contributed by atoms with Gasteiger partial charge in [0.1, 0.15) is 12.4 Å². The normalized spacial score (nSPS) is 12.6. The number of halogens is 1. The standard InChI is InChI=1S/C15H18ClNO/c1-2-17-10-13(16)11-18-15-9-5-7-12-6-3-4-8-14(12)15/h3-9,13,17H,2,10-11H2,1H3. The first-order valence-corrected chi connectivity index (χ1v) is 6.70. The van der Waals surface area contributed by atoms with Crippen LogP contribution in [0.25, 0.3) is 10.8 Å². The molecule has 0 spiro atoms. The zero-order valence-electron chi connectivity index (χ0n) is 10.5. The molecule has 2 nitrogen and oxygen atoms in total. The molecule has 2 aromatic rings. The highest BCUT2D eigenvalue weighted by Gasteiger charge is 2.06. The summed E-state index contributed by atoms with van der Waals surface area (Å²) in [5.74, 6) is 0.898. The van der Waals surface area contributed by atoms with Gasteiger partial charge in [-0.15, -0.1) is 11.6 Å². The van der Waals surface area contributed by atoms with Crippen LogP contribution in [-0.2, 0) is 0 Å². The highest BCUT2D eigenvalue weighted by Crippen LogP contribution is 2.25. The smallest absolute Gasteiger partial charge is 0.127 e. The van der Waals surface area contributed by atoms with Crippen molar-refractivity contribution in [3.63, 3.8) is 0 Å². The van der Waals surface area contributed by atoms with Crippen LogP contribution < -0.4 is 10.1 Å². The van der Waals surface area contributed by atoms with E-state index in [4.69, 9.17) is 16.3 Å². The third kappa shape index (κ3) is 3.37. The van der Waals surface area contributed by atoms with Crippen molar-refractivity contribution < 1.29 is 4.74 Å². The number of alkyl halides is 1. The Bertz CT molecular complexity index is 495. The van der Waals surface area contributed by atoms with Gasteiger partial charge in [-0.1, -0.05) is 43.3 Å². The lowest BCUT2D eigenvalue weighted by Gasteiger charge is -2.13. The van der Waals surface area contributed by atoms with Crippen LogP contribution in [0.3, 0.4) is 0 Å². The molecular formula is C15H18ClNO. The Morgan fingerprint density at radius 3 is 2.78 bits per heavy atom. The molecule has 0 heterocycles. The predicted octanol–water partition coefficient (Wildman–Crippen LogP) is 3.44. The van der Waals surface area contributed by atoms with E-state index in [0.29, 0.717) is 6.61 Å². The van der Waals surface area contributed by atoms with Gasteiger partial charge in [0.25, 0.3) is 0 Å². The average Bonchev–Trinajstić information content (AvgIpc) is 2.42. The summed E-state index contributed by atoms with van der Waals surface area (Å²) in [6.45, 7) is 4.28. The first kappa shape index (κ1) is 13.2. The van der Waals surface area contributed by atoms with Crippen molar-refractivity contribution in [2.75, 3.05) is 19.7 Å². The summed E-state index contributed by atoms with van der Waals surface area (Å²) in [6.07, 6.45) is 0. The number of benzene rings is 2. The number of hydrogen-bond donors (Lipinski definition) is 1. The van der Waals surface area contributed by atoms with Gasteiger partial charge < -0.3 is 10.1 Å². The van der Waals surface area contributed by atoms with Crippen LogP contribution >= 0.6 is 11.6 Å². The SMILES string of the molecule is CCNCC(Cl)COc1cccc2ccccc12. The van der Waals surface area contributed by atoms with E-state index in [1.54, 1.807) is 0 Å². The molecular weight excluding hydrogens is 246 g/mol. The van der Waals surface area contributed by atoms with Crippen molar-refractivity contribution in [2.45, 2.75) is 12.3 Å². The minimum absolute atomic E-state index is 0.0103. The maximum Gasteiger partial charge on any atom is 0.127 e. The topological polar surface area (TPSA) is 21.3 Å². The van der Waals surface area contributed by atoms with E-state index in [0.717, 1.165) is 24.2 Å². The number of fused-ring (bicyclic) bond motifs is 1. The Kier molecular flexibility index (Phi) is 4.85. The fraction of sp³-hybridized carbons (Fsp3) is 0.333. The second kappa shape index (κ2) is 6.62. The first-order valence-electron chi connectivity index (χ1n) is 6.26. The van der Waals surface area contributed by atoms with Crippen molar-refractivity contribution >= 4 is 22.4 Å². The summed E-state index contributed by atoms with van der Waals surface area (Å²) in [6, 6.07) is 14.3. The van der Waals surface area contributed by atoms with Gasteiger partial charge in [-0.25, -0.2) is 0 Å². The quantitative estimate of drug-likeness (QED) is 0.807. The van der Waals surface area contributed by atoms with Gasteiger partial charge in [0.2, 0.25) is 0 Å². The molecule has 0 aliphatic rings. The third-order valence-corrected chi connectivity index (χ3v) is 3.07. The fourth-order valence-electron chi connectivity index (χ4n) is 1.86. The van der Waals surface area contributed by atoms with E-state index in [2.05, 4.69) is 30.4 Å². The summed E-state index contributed by atoms with van der Waals surface area (Å²) in [5.41, 5.74) is 0. The Morgan fingerprint density at radius 1 is 1.17 bits per heavy atom. The molecule has 0 aromatic heterocycles. The maximum atomic E-state index is 6.17. The maximum absolute atomic E-state index is 6.17. The molecule has 0 aliphatic carbocycles. The van der Waals surface area contributed by atoms with Gasteiger partial charge in [0.05, 0.1) is 5.38 Å². The number of hydrogen-bond acceptors (Lipinski definition) is 2. The molecule has 0 bridgehead atoms. The minimum atomic E-state index is -0.0103. The van der Waals surface area contributed by atoms with E-state index < -0.39 is 0 Å². The zero-order valence-corrected chi connectivity index (χ0v) is 11.3. The van der Waals surface area contributed by atoms with Crippen LogP contribution in [0.15, 0.2) is 42.5 Å². The van der Waals surface area contributed by atoms with Gasteiger partial charge in [-0.2, -0.15) is 0 Å². The van der Waals surface area contributed by atoms with E-state index in [9.17, 15) is 0 Å². The molecule has 2 rings (SSSR count). The molecule has 0 amide bonds. The van der Waals surface area contributed by atoms with Crippen LogP contribution in [0.4, 0.5) is 0 Å². The van der Waals surface area contributed by atoms with Crippen LogP contribution in [-0.4, -0.2) is 25.1 Å². The highest BCUT2D eigenvalue weighted by atomic mass is 35.5. The number of ether oxygens (including phenoxy) is 1. The van der Waals surface area contributed by atoms with Gasteiger partial charge in [-0.3, -0.25) is 0 Å². The molecule has 0 aliphatic heterocycles. The van der Waals surface area contributed by atoms with E-state index in [-0.39, 0.29) is 5.38 Å². The molecule has 18 heavy (non-hydrogen) atoms. The lowest BCUT2D eigenvalue weighted by molar-refractivity contribution is 0.315. The van der Waals surface area contributed by atoms with E-state index in [1.807, 2.05) is 24.3 Å². The van der Waals surface area contributed by atoms with Gasteiger partial charge in [0.15, 0.2) is 0 Å². The molecule has 0 radical (unpaired) electrons. The first-order chi connectivity index (χ1) is 8.81. The lowest BCUT2D eigenvalue weighted by Crippen LogP contribution is -2.27. The molecule has 0 saturated carbocycles. The summed E-state index contributed by atoms with van der Waals surface area (Å²) < 4.78 is 5.81. The molecule has 3 heteroatoms. The van der Waals surface area contributed by atoms with E-state index in [1.165, 1.54) is 5.39 Å². The second-order valence-corrected chi connectivity index (χ2v) is 4.81. The summed E-state index contributed by atoms with van der Waals surface area (Å²) in [5, 5.41) is 5.52. The Morgan fingerprint density at radius 2 is 1.94 bits per heavy atom. The Balaban J connectivity index is 2.03. The summed E-state index contributed by atoms with van der Waals surface area (Å²) >= 11 is 6.17. The average molecular weight is 264 g/mol. The lowest BCUT2D eigenvalue weighted by atomic mass is 10.1. The van der Waals surface area contributed by atoms with Crippen molar-refractivity contribution in [3.05, 3.63) is 42.5 Å². The van der Waals surface area contributed by atoms with Gasteiger partial charge in [0, 0.05) is 11.9 Å². The largest absolute Gasteiger partial charge is 0.491 e. The highest BCUT2D eigenvalue weighted by molar-refractivity contribution is 6.20. The van der Waals surface area contributed by atoms with Crippen molar-refractivity contribution in [1.29, 1.82) is 0 Å². The molecule has 1 atom stereocenters. The monoisotopic (exact) mass is 263 g/mol. The van der Waals surface area contributed by atoms with Crippen molar-refractivity contribution in [2.24, 2.45) is 0 Å². The van der Waals surface area contributed by atoms with E-state index >= 15 is 0 Å². The number of rotatable bonds is 6. The van der Waals surface area contributed by atoms with Crippen molar-refractivity contribution in [3.8, 4) is 5.75 Å². The second-order valence-electron chi connectivity index (χ2n) is 4.19. The van der Waals surface area contributed by atoms with Gasteiger partial charge in [-0.05, 0) is 18.0 Å². The van der Waals surface area contributed by atoms with Crippen LogP contribution in [0, 0.1) is 0 Å². The van der Waals surface area contributed by atoms with Crippen LogP contribution in [0.2, 0.25) is 0 Å². The summed E-state index contributed by atoms with van der Waals surface area (Å²) in [4.78, 5) is 0. The van der Waals surface area contributed by atoms with Gasteiger partial charge >= 0.3 is 0 Å². The van der Waals surface area contributed by atoms with Crippen LogP contribution in [0.1, 0.15) is 6.92 Å². The molecule has 0 saturated heterocycles. The molecule has 96 valence electrons. The fourth-order valence-corrected chi connectivity index (χ4v) is 2.03. The Hall–Kier alpha value is -1.25.